The number of aliphatic carboxylic acids is 1. The summed E-state index contributed by atoms with van der Waals surface area (Å²) < 4.78 is 0. The summed E-state index contributed by atoms with van der Waals surface area (Å²) in [5.41, 5.74) is 1.30. The molecule has 1 aromatic heterocycles. The Morgan fingerprint density at radius 1 is 1.50 bits per heavy atom. The Kier molecular flexibility index (Phi) is 4.55. The van der Waals surface area contributed by atoms with Gasteiger partial charge in [0.2, 0.25) is 0 Å². The molecule has 0 aliphatic carbocycles. The highest BCUT2D eigenvalue weighted by atomic mass is 16.6. The number of fused-ring (bicyclic) bond motifs is 1. The zero-order chi connectivity index (χ0) is 16.3. The number of nitro benzene ring substituents is 1. The topological polar surface area (TPSA) is 105 Å². The zero-order valence-electron chi connectivity index (χ0n) is 12.4. The SMILES string of the molecule is CCCC(Nc1cc(C)nc2c([N+](=O)[O-])cccc12)C(=O)O. The summed E-state index contributed by atoms with van der Waals surface area (Å²) in [6.07, 6.45) is 1.18. The van der Waals surface area contributed by atoms with Crippen LogP contribution in [-0.4, -0.2) is 27.0 Å². The van der Waals surface area contributed by atoms with Gasteiger partial charge in [0.25, 0.3) is 5.69 Å². The third-order valence-electron chi connectivity index (χ3n) is 3.35. The summed E-state index contributed by atoms with van der Waals surface area (Å²) in [6, 6.07) is 5.62. The Morgan fingerprint density at radius 2 is 2.23 bits per heavy atom. The largest absolute Gasteiger partial charge is 0.480 e. The van der Waals surface area contributed by atoms with E-state index in [0.717, 1.165) is 0 Å². The van der Waals surface area contributed by atoms with Crippen LogP contribution in [-0.2, 0) is 4.79 Å². The summed E-state index contributed by atoms with van der Waals surface area (Å²) in [4.78, 5) is 26.2. The van der Waals surface area contributed by atoms with Crippen LogP contribution in [0.1, 0.15) is 25.5 Å². The predicted molar refractivity (Wildman–Crippen MR) is 83.1 cm³/mol. The molecular formula is C15H17N3O4. The molecular weight excluding hydrogens is 286 g/mol. The molecule has 0 spiro atoms. The molecule has 7 heteroatoms. The molecule has 0 bridgehead atoms. The monoisotopic (exact) mass is 303 g/mol. The van der Waals surface area contributed by atoms with Crippen molar-refractivity contribution in [3.05, 3.63) is 40.1 Å². The smallest absolute Gasteiger partial charge is 0.326 e. The lowest BCUT2D eigenvalue weighted by molar-refractivity contribution is -0.383. The van der Waals surface area contributed by atoms with Crippen LogP contribution >= 0.6 is 0 Å². The molecule has 0 fully saturated rings. The van der Waals surface area contributed by atoms with E-state index in [-0.39, 0.29) is 11.2 Å². The number of aryl methyl sites for hydroxylation is 1. The summed E-state index contributed by atoms with van der Waals surface area (Å²) in [7, 11) is 0. The van der Waals surface area contributed by atoms with Crippen molar-refractivity contribution in [2.24, 2.45) is 0 Å². The molecule has 0 saturated heterocycles. The van der Waals surface area contributed by atoms with Crippen LogP contribution in [0.3, 0.4) is 0 Å². The first kappa shape index (κ1) is 15.7. The molecule has 1 aromatic carbocycles. The quantitative estimate of drug-likeness (QED) is 0.627. The highest BCUT2D eigenvalue weighted by Gasteiger charge is 2.20. The van der Waals surface area contributed by atoms with E-state index in [4.69, 9.17) is 0 Å². The van der Waals surface area contributed by atoms with Gasteiger partial charge in [-0.05, 0) is 19.4 Å². The van der Waals surface area contributed by atoms with Crippen LogP contribution < -0.4 is 5.32 Å². The zero-order valence-corrected chi connectivity index (χ0v) is 12.4. The number of hydrogen-bond donors (Lipinski definition) is 2. The maximum Gasteiger partial charge on any atom is 0.326 e. The minimum Gasteiger partial charge on any atom is -0.480 e. The number of benzene rings is 1. The van der Waals surface area contributed by atoms with Crippen molar-refractivity contribution >= 4 is 28.2 Å². The lowest BCUT2D eigenvalue weighted by Gasteiger charge is -2.17. The van der Waals surface area contributed by atoms with Crippen LogP contribution in [0, 0.1) is 17.0 Å². The van der Waals surface area contributed by atoms with Gasteiger partial charge in [0.05, 0.1) is 4.92 Å². The number of carboxylic acid groups (broad SMARTS) is 1. The van der Waals surface area contributed by atoms with Gasteiger partial charge in [-0.15, -0.1) is 0 Å². The summed E-state index contributed by atoms with van der Waals surface area (Å²) in [6.45, 7) is 3.62. The lowest BCUT2D eigenvalue weighted by Crippen LogP contribution is -2.29. The average molecular weight is 303 g/mol. The molecule has 22 heavy (non-hydrogen) atoms. The Morgan fingerprint density at radius 3 is 2.82 bits per heavy atom. The first-order chi connectivity index (χ1) is 10.4. The molecule has 0 radical (unpaired) electrons. The Hall–Kier alpha value is -2.70. The standard InChI is InChI=1S/C15H17N3O4/c1-3-5-11(15(19)20)17-12-8-9(2)16-14-10(12)6-4-7-13(14)18(21)22/h4,6-8,11H,3,5H2,1-2H3,(H,16,17)(H,19,20). The van der Waals surface area contributed by atoms with E-state index < -0.39 is 16.9 Å². The molecule has 1 unspecified atom stereocenters. The minimum atomic E-state index is -0.949. The average Bonchev–Trinajstić information content (AvgIpc) is 2.45. The number of para-hydroxylation sites is 1. The third kappa shape index (κ3) is 3.13. The number of nitrogens with one attached hydrogen (secondary N) is 1. The van der Waals surface area contributed by atoms with Crippen molar-refractivity contribution in [1.29, 1.82) is 0 Å². The van der Waals surface area contributed by atoms with Crippen molar-refractivity contribution in [3.63, 3.8) is 0 Å². The summed E-state index contributed by atoms with van der Waals surface area (Å²) in [5.74, 6) is -0.949. The maximum absolute atomic E-state index is 11.3. The first-order valence-electron chi connectivity index (χ1n) is 6.98. The van der Waals surface area contributed by atoms with Gasteiger partial charge in [-0.3, -0.25) is 10.1 Å². The second-order valence-electron chi connectivity index (χ2n) is 5.07. The van der Waals surface area contributed by atoms with E-state index in [9.17, 15) is 20.0 Å². The van der Waals surface area contributed by atoms with E-state index in [2.05, 4.69) is 10.3 Å². The van der Waals surface area contributed by atoms with Crippen molar-refractivity contribution in [2.75, 3.05) is 5.32 Å². The van der Waals surface area contributed by atoms with Crippen LogP contribution in [0.25, 0.3) is 10.9 Å². The molecule has 0 aliphatic rings. The fourth-order valence-corrected chi connectivity index (χ4v) is 2.36. The number of carbonyl (C=O) groups is 1. The summed E-state index contributed by atoms with van der Waals surface area (Å²) >= 11 is 0. The van der Waals surface area contributed by atoms with Gasteiger partial charge in [0.1, 0.15) is 6.04 Å². The van der Waals surface area contributed by atoms with Gasteiger partial charge in [-0.25, -0.2) is 9.78 Å². The molecule has 0 amide bonds. The second kappa shape index (κ2) is 6.38. The van der Waals surface area contributed by atoms with E-state index in [1.54, 1.807) is 25.1 Å². The molecule has 1 atom stereocenters. The Bertz CT molecular complexity index is 730. The highest BCUT2D eigenvalue weighted by Crippen LogP contribution is 2.30. The van der Waals surface area contributed by atoms with Crippen LogP contribution in [0.15, 0.2) is 24.3 Å². The van der Waals surface area contributed by atoms with E-state index >= 15 is 0 Å². The third-order valence-corrected chi connectivity index (χ3v) is 3.35. The summed E-state index contributed by atoms with van der Waals surface area (Å²) in [5, 5.41) is 23.9. The molecule has 2 aromatic rings. The van der Waals surface area contributed by atoms with E-state index in [1.165, 1.54) is 6.07 Å². The van der Waals surface area contributed by atoms with Crippen molar-refractivity contribution in [3.8, 4) is 0 Å². The van der Waals surface area contributed by atoms with Gasteiger partial charge in [0, 0.05) is 22.8 Å². The molecule has 2 N–H and O–H groups in total. The van der Waals surface area contributed by atoms with Crippen LogP contribution in [0.2, 0.25) is 0 Å². The van der Waals surface area contributed by atoms with Gasteiger partial charge >= 0.3 is 5.97 Å². The number of nitro groups is 1. The first-order valence-corrected chi connectivity index (χ1v) is 6.98. The number of non-ortho nitro benzene ring substituents is 1. The fourth-order valence-electron chi connectivity index (χ4n) is 2.36. The number of hydrogen-bond acceptors (Lipinski definition) is 5. The minimum absolute atomic E-state index is 0.0911. The number of pyridine rings is 1. The van der Waals surface area contributed by atoms with Crippen LogP contribution in [0.4, 0.5) is 11.4 Å². The molecule has 2 rings (SSSR count). The van der Waals surface area contributed by atoms with Crippen molar-refractivity contribution < 1.29 is 14.8 Å². The number of anilines is 1. The van der Waals surface area contributed by atoms with Crippen LogP contribution in [0.5, 0.6) is 0 Å². The van der Waals surface area contributed by atoms with Gasteiger partial charge in [-0.1, -0.05) is 25.5 Å². The maximum atomic E-state index is 11.3. The van der Waals surface area contributed by atoms with Crippen molar-refractivity contribution in [1.82, 2.24) is 4.98 Å². The number of nitrogens with zero attached hydrogens (tertiary/aromatic N) is 2. The van der Waals surface area contributed by atoms with E-state index in [0.29, 0.717) is 29.6 Å². The Labute approximate surface area is 127 Å². The number of rotatable bonds is 6. The molecule has 7 nitrogen and oxygen atoms in total. The normalized spacial score (nSPS) is 12.1. The van der Waals surface area contributed by atoms with E-state index in [1.807, 2.05) is 6.92 Å². The van der Waals surface area contributed by atoms with Crippen molar-refractivity contribution in [2.45, 2.75) is 32.7 Å². The fraction of sp³-hybridized carbons (Fsp3) is 0.333. The van der Waals surface area contributed by atoms with Gasteiger partial charge in [-0.2, -0.15) is 0 Å². The predicted octanol–water partition coefficient (Wildman–Crippen LogP) is 3.12. The Balaban J connectivity index is 2.56. The highest BCUT2D eigenvalue weighted by molar-refractivity contribution is 5.97. The number of aromatic nitrogens is 1. The number of carboxylic acids is 1. The molecule has 0 aliphatic heterocycles. The molecule has 116 valence electrons. The lowest BCUT2D eigenvalue weighted by atomic mass is 10.1. The molecule has 0 saturated carbocycles. The second-order valence-corrected chi connectivity index (χ2v) is 5.07. The van der Waals surface area contributed by atoms with Gasteiger partial charge in [0.15, 0.2) is 5.52 Å². The van der Waals surface area contributed by atoms with Gasteiger partial charge < -0.3 is 10.4 Å². The molecule has 1 heterocycles.